The maximum absolute atomic E-state index is 5.95. The van der Waals surface area contributed by atoms with Gasteiger partial charge in [0.1, 0.15) is 10.5 Å². The second kappa shape index (κ2) is 4.92. The number of hydrogen-bond acceptors (Lipinski definition) is 4. The van der Waals surface area contributed by atoms with E-state index in [1.54, 1.807) is 24.2 Å². The van der Waals surface area contributed by atoms with Crippen molar-refractivity contribution >= 4 is 34.5 Å². The van der Waals surface area contributed by atoms with Crippen LogP contribution in [0.25, 0.3) is 11.2 Å². The van der Waals surface area contributed by atoms with Gasteiger partial charge in [0.15, 0.2) is 5.65 Å². The lowest BCUT2D eigenvalue weighted by Crippen LogP contribution is -1.87. The minimum atomic E-state index is 0.657. The van der Waals surface area contributed by atoms with Crippen LogP contribution >= 0.6 is 23.4 Å². The highest BCUT2D eigenvalue weighted by molar-refractivity contribution is 7.99. The van der Waals surface area contributed by atoms with Crippen LogP contribution in [0.2, 0.25) is 5.02 Å². The maximum atomic E-state index is 5.95. The number of hydrogen-bond donors (Lipinski definition) is 0. The Morgan fingerprint density at radius 3 is 2.78 bits per heavy atom. The molecule has 3 aromatic rings. The molecule has 2 heterocycles. The molecule has 5 heteroatoms. The number of rotatable bonds is 2. The number of halogens is 1. The Labute approximate surface area is 113 Å². The van der Waals surface area contributed by atoms with Gasteiger partial charge in [0, 0.05) is 22.3 Å². The van der Waals surface area contributed by atoms with Gasteiger partial charge in [0.25, 0.3) is 0 Å². The molecule has 18 heavy (non-hydrogen) atoms. The highest BCUT2D eigenvalue weighted by atomic mass is 35.5. The molecule has 0 atom stereocenters. The average molecular weight is 274 g/mol. The third-order valence-electron chi connectivity index (χ3n) is 2.32. The minimum absolute atomic E-state index is 0.657. The summed E-state index contributed by atoms with van der Waals surface area (Å²) in [6.45, 7) is 0. The number of fused-ring (bicyclic) bond motifs is 1. The lowest BCUT2D eigenvalue weighted by molar-refractivity contribution is 1.12. The van der Waals surface area contributed by atoms with Crippen LogP contribution in [-0.2, 0) is 0 Å². The normalized spacial score (nSPS) is 10.7. The Balaban J connectivity index is 1.95. The summed E-state index contributed by atoms with van der Waals surface area (Å²) in [4.78, 5) is 13.9. The Hall–Kier alpha value is -1.65. The molecule has 0 amide bonds. The summed E-state index contributed by atoms with van der Waals surface area (Å²) in [6, 6.07) is 11.5. The molecule has 0 aliphatic rings. The van der Waals surface area contributed by atoms with Crippen LogP contribution in [-0.4, -0.2) is 15.0 Å². The van der Waals surface area contributed by atoms with Crippen LogP contribution < -0.4 is 0 Å². The van der Waals surface area contributed by atoms with E-state index in [4.69, 9.17) is 11.6 Å². The van der Waals surface area contributed by atoms with Gasteiger partial charge in [-0.3, -0.25) is 4.98 Å². The first-order valence-electron chi connectivity index (χ1n) is 5.32. The van der Waals surface area contributed by atoms with Crippen molar-refractivity contribution in [2.45, 2.75) is 9.92 Å². The summed E-state index contributed by atoms with van der Waals surface area (Å²) in [5.74, 6) is 0. The SMILES string of the molecule is Clc1cccc(Sc2ccc3nccnc3n2)c1. The Bertz CT molecular complexity index is 702. The molecular weight excluding hydrogens is 266 g/mol. The van der Waals surface area contributed by atoms with Crippen LogP contribution in [0.1, 0.15) is 0 Å². The van der Waals surface area contributed by atoms with E-state index in [9.17, 15) is 0 Å². The van der Waals surface area contributed by atoms with E-state index in [1.807, 2.05) is 36.4 Å². The van der Waals surface area contributed by atoms with Gasteiger partial charge in [-0.05, 0) is 30.3 Å². The molecule has 0 radical (unpaired) electrons. The Morgan fingerprint density at radius 2 is 1.89 bits per heavy atom. The first-order chi connectivity index (χ1) is 8.81. The zero-order valence-corrected chi connectivity index (χ0v) is 10.8. The summed E-state index contributed by atoms with van der Waals surface area (Å²) < 4.78 is 0. The number of nitrogens with zero attached hydrogens (tertiary/aromatic N) is 3. The first kappa shape index (κ1) is 11.4. The van der Waals surface area contributed by atoms with E-state index in [1.165, 1.54) is 0 Å². The van der Waals surface area contributed by atoms with E-state index in [-0.39, 0.29) is 0 Å². The third kappa shape index (κ3) is 2.44. The molecular formula is C13H8ClN3S. The zero-order chi connectivity index (χ0) is 12.4. The largest absolute Gasteiger partial charge is 0.251 e. The lowest BCUT2D eigenvalue weighted by atomic mass is 10.4. The molecule has 3 nitrogen and oxygen atoms in total. The van der Waals surface area contributed by atoms with Crippen LogP contribution in [0.15, 0.2) is 58.7 Å². The summed E-state index contributed by atoms with van der Waals surface area (Å²) in [5, 5.41) is 1.60. The highest BCUT2D eigenvalue weighted by Gasteiger charge is 2.02. The van der Waals surface area contributed by atoms with Crippen molar-refractivity contribution in [2.75, 3.05) is 0 Å². The molecule has 0 unspecified atom stereocenters. The molecule has 1 aromatic carbocycles. The first-order valence-corrected chi connectivity index (χ1v) is 6.52. The average Bonchev–Trinajstić information content (AvgIpc) is 2.39. The van der Waals surface area contributed by atoms with Crippen LogP contribution in [0.3, 0.4) is 0 Å². The molecule has 0 bridgehead atoms. The smallest absolute Gasteiger partial charge is 0.179 e. The Kier molecular flexibility index (Phi) is 3.13. The quantitative estimate of drug-likeness (QED) is 0.711. The fourth-order valence-corrected chi connectivity index (χ4v) is 2.64. The summed E-state index contributed by atoms with van der Waals surface area (Å²) >= 11 is 7.50. The van der Waals surface area contributed by atoms with Crippen LogP contribution in [0, 0.1) is 0 Å². The van der Waals surface area contributed by atoms with Gasteiger partial charge in [-0.2, -0.15) is 0 Å². The highest BCUT2D eigenvalue weighted by Crippen LogP contribution is 2.28. The lowest BCUT2D eigenvalue weighted by Gasteiger charge is -2.02. The maximum Gasteiger partial charge on any atom is 0.179 e. The summed E-state index contributed by atoms with van der Waals surface area (Å²) in [5.41, 5.74) is 1.46. The van der Waals surface area contributed by atoms with Gasteiger partial charge < -0.3 is 0 Å². The topological polar surface area (TPSA) is 38.7 Å². The van der Waals surface area contributed by atoms with Crippen molar-refractivity contribution in [1.29, 1.82) is 0 Å². The molecule has 0 saturated heterocycles. The van der Waals surface area contributed by atoms with Gasteiger partial charge in [0.05, 0.1) is 0 Å². The fourth-order valence-electron chi connectivity index (χ4n) is 1.55. The molecule has 0 saturated carbocycles. The van der Waals surface area contributed by atoms with E-state index >= 15 is 0 Å². The minimum Gasteiger partial charge on any atom is -0.251 e. The standard InChI is InChI=1S/C13H8ClN3S/c14-9-2-1-3-10(8-9)18-12-5-4-11-13(17-12)16-7-6-15-11/h1-8H. The second-order valence-electron chi connectivity index (χ2n) is 3.61. The van der Waals surface area contributed by atoms with Gasteiger partial charge in [-0.15, -0.1) is 0 Å². The van der Waals surface area contributed by atoms with Crippen molar-refractivity contribution in [3.8, 4) is 0 Å². The fraction of sp³-hybridized carbons (Fsp3) is 0. The number of benzene rings is 1. The second-order valence-corrected chi connectivity index (χ2v) is 5.14. The third-order valence-corrected chi connectivity index (χ3v) is 3.49. The molecule has 0 aliphatic carbocycles. The molecule has 0 N–H and O–H groups in total. The van der Waals surface area contributed by atoms with Gasteiger partial charge >= 0.3 is 0 Å². The summed E-state index contributed by atoms with van der Waals surface area (Å²) in [7, 11) is 0. The zero-order valence-electron chi connectivity index (χ0n) is 9.25. The van der Waals surface area contributed by atoms with Crippen molar-refractivity contribution < 1.29 is 0 Å². The Morgan fingerprint density at radius 1 is 1.00 bits per heavy atom. The van der Waals surface area contributed by atoms with E-state index in [0.717, 1.165) is 20.5 Å². The molecule has 0 fully saturated rings. The molecule has 2 aromatic heterocycles. The molecule has 3 rings (SSSR count). The molecule has 0 spiro atoms. The van der Waals surface area contributed by atoms with Crippen LogP contribution in [0.5, 0.6) is 0 Å². The molecule has 0 aliphatic heterocycles. The van der Waals surface area contributed by atoms with Crippen molar-refractivity contribution in [3.63, 3.8) is 0 Å². The van der Waals surface area contributed by atoms with Gasteiger partial charge in [-0.25, -0.2) is 9.97 Å². The number of pyridine rings is 1. The predicted octanol–water partition coefficient (Wildman–Crippen LogP) is 3.83. The van der Waals surface area contributed by atoms with E-state index < -0.39 is 0 Å². The number of aromatic nitrogens is 3. The van der Waals surface area contributed by atoms with Gasteiger partial charge in [0.2, 0.25) is 0 Å². The van der Waals surface area contributed by atoms with Crippen LogP contribution in [0.4, 0.5) is 0 Å². The van der Waals surface area contributed by atoms with Crippen molar-refractivity contribution in [3.05, 3.63) is 53.8 Å². The van der Waals surface area contributed by atoms with Gasteiger partial charge in [-0.1, -0.05) is 29.4 Å². The summed E-state index contributed by atoms with van der Waals surface area (Å²) in [6.07, 6.45) is 3.30. The predicted molar refractivity (Wildman–Crippen MR) is 72.9 cm³/mol. The van der Waals surface area contributed by atoms with Crippen molar-refractivity contribution in [1.82, 2.24) is 15.0 Å². The monoisotopic (exact) mass is 273 g/mol. The van der Waals surface area contributed by atoms with E-state index in [2.05, 4.69) is 15.0 Å². The molecule has 88 valence electrons. The van der Waals surface area contributed by atoms with Crippen molar-refractivity contribution in [2.24, 2.45) is 0 Å². The van der Waals surface area contributed by atoms with E-state index in [0.29, 0.717) is 5.65 Å².